The zero-order valence-electron chi connectivity index (χ0n) is 14.6. The molecule has 0 fully saturated rings. The SMILES string of the molecule is Cn1nc(-c2ccc(Cl)cc2)cc1NC(=O)COc1cc(F)ccc1[N+](=O)[O-]. The molecule has 0 atom stereocenters. The van der Waals surface area contributed by atoms with Crippen molar-refractivity contribution in [1.82, 2.24) is 9.78 Å². The van der Waals surface area contributed by atoms with Gasteiger partial charge in [-0.25, -0.2) is 4.39 Å². The van der Waals surface area contributed by atoms with Crippen LogP contribution in [0.15, 0.2) is 48.5 Å². The Morgan fingerprint density at radius 2 is 2.00 bits per heavy atom. The summed E-state index contributed by atoms with van der Waals surface area (Å²) in [6.45, 7) is -0.536. The van der Waals surface area contributed by atoms with E-state index in [1.165, 1.54) is 4.68 Å². The average molecular weight is 405 g/mol. The number of anilines is 1. The molecule has 3 rings (SSSR count). The molecule has 144 valence electrons. The van der Waals surface area contributed by atoms with E-state index in [1.807, 2.05) is 0 Å². The number of benzene rings is 2. The molecule has 1 amide bonds. The molecule has 1 aromatic heterocycles. The van der Waals surface area contributed by atoms with Crippen LogP contribution in [-0.2, 0) is 11.8 Å². The monoisotopic (exact) mass is 404 g/mol. The number of hydrogen-bond donors (Lipinski definition) is 1. The van der Waals surface area contributed by atoms with Crippen LogP contribution in [0, 0.1) is 15.9 Å². The quantitative estimate of drug-likeness (QED) is 0.497. The highest BCUT2D eigenvalue weighted by Crippen LogP contribution is 2.27. The van der Waals surface area contributed by atoms with Gasteiger partial charge in [0.25, 0.3) is 5.91 Å². The number of nitrogens with zero attached hydrogens (tertiary/aromatic N) is 3. The summed E-state index contributed by atoms with van der Waals surface area (Å²) in [5.41, 5.74) is 1.00. The fraction of sp³-hybridized carbons (Fsp3) is 0.111. The maximum Gasteiger partial charge on any atom is 0.311 e. The van der Waals surface area contributed by atoms with Gasteiger partial charge in [0.2, 0.25) is 5.75 Å². The van der Waals surface area contributed by atoms with Gasteiger partial charge in [-0.15, -0.1) is 0 Å². The first-order valence-corrected chi connectivity index (χ1v) is 8.38. The molecule has 0 aliphatic rings. The third kappa shape index (κ3) is 4.44. The van der Waals surface area contributed by atoms with Gasteiger partial charge in [-0.1, -0.05) is 23.7 Å². The number of nitrogens with one attached hydrogen (secondary N) is 1. The van der Waals surface area contributed by atoms with Gasteiger partial charge in [0.1, 0.15) is 11.6 Å². The van der Waals surface area contributed by atoms with Crippen LogP contribution in [0.25, 0.3) is 11.3 Å². The van der Waals surface area contributed by atoms with Gasteiger partial charge in [-0.2, -0.15) is 5.10 Å². The maximum absolute atomic E-state index is 13.3. The fourth-order valence-electron chi connectivity index (χ4n) is 2.42. The highest BCUT2D eigenvalue weighted by atomic mass is 35.5. The molecule has 0 spiro atoms. The van der Waals surface area contributed by atoms with Gasteiger partial charge < -0.3 is 10.1 Å². The van der Waals surface area contributed by atoms with E-state index in [0.29, 0.717) is 16.5 Å². The first kappa shape index (κ1) is 19.3. The molecule has 10 heteroatoms. The smallest absolute Gasteiger partial charge is 0.311 e. The van der Waals surface area contributed by atoms with Crippen molar-refractivity contribution in [2.24, 2.45) is 7.05 Å². The summed E-state index contributed by atoms with van der Waals surface area (Å²) < 4.78 is 19.9. The standard InChI is InChI=1S/C18H14ClFN4O4/c1-23-17(9-14(22-23)11-2-4-12(19)5-3-11)21-18(25)10-28-16-8-13(20)6-7-15(16)24(26)27/h2-9H,10H2,1H3,(H,21,25). The first-order valence-electron chi connectivity index (χ1n) is 8.00. The molecule has 2 aromatic carbocycles. The predicted molar refractivity (Wildman–Crippen MR) is 101 cm³/mol. The zero-order chi connectivity index (χ0) is 20.3. The Balaban J connectivity index is 1.68. The molecule has 0 saturated carbocycles. The van der Waals surface area contributed by atoms with Crippen LogP contribution < -0.4 is 10.1 Å². The highest BCUT2D eigenvalue weighted by Gasteiger charge is 2.18. The van der Waals surface area contributed by atoms with Crippen LogP contribution >= 0.6 is 11.6 Å². The summed E-state index contributed by atoms with van der Waals surface area (Å²) in [5.74, 6) is -1.22. The topological polar surface area (TPSA) is 99.3 Å². The van der Waals surface area contributed by atoms with Crippen LogP contribution in [0.5, 0.6) is 5.75 Å². The molecule has 0 radical (unpaired) electrons. The van der Waals surface area contributed by atoms with Crippen molar-refractivity contribution >= 4 is 29.0 Å². The van der Waals surface area contributed by atoms with Crippen molar-refractivity contribution in [1.29, 1.82) is 0 Å². The van der Waals surface area contributed by atoms with Gasteiger partial charge >= 0.3 is 5.69 Å². The summed E-state index contributed by atoms with van der Waals surface area (Å²) in [4.78, 5) is 22.4. The van der Waals surface area contributed by atoms with E-state index >= 15 is 0 Å². The van der Waals surface area contributed by atoms with E-state index in [1.54, 1.807) is 37.4 Å². The van der Waals surface area contributed by atoms with Crippen LogP contribution in [0.4, 0.5) is 15.9 Å². The molecule has 0 aliphatic carbocycles. The van der Waals surface area contributed by atoms with Crippen molar-refractivity contribution in [2.45, 2.75) is 0 Å². The Kier molecular flexibility index (Phi) is 5.55. The molecule has 0 aliphatic heterocycles. The first-order chi connectivity index (χ1) is 13.3. The Bertz CT molecular complexity index is 1040. The largest absolute Gasteiger partial charge is 0.477 e. The summed E-state index contributed by atoms with van der Waals surface area (Å²) in [6, 6.07) is 11.5. The number of hydrogen-bond acceptors (Lipinski definition) is 5. The van der Waals surface area contributed by atoms with Crippen molar-refractivity contribution in [3.63, 3.8) is 0 Å². The lowest BCUT2D eigenvalue weighted by Gasteiger charge is -2.08. The Morgan fingerprint density at radius 1 is 1.29 bits per heavy atom. The van der Waals surface area contributed by atoms with E-state index in [2.05, 4.69) is 10.4 Å². The van der Waals surface area contributed by atoms with E-state index in [9.17, 15) is 19.3 Å². The number of aryl methyl sites for hydroxylation is 1. The van der Waals surface area contributed by atoms with Crippen molar-refractivity contribution < 1.29 is 18.8 Å². The molecule has 0 saturated heterocycles. The molecule has 0 unspecified atom stereocenters. The van der Waals surface area contributed by atoms with Crippen molar-refractivity contribution in [2.75, 3.05) is 11.9 Å². The fourth-order valence-corrected chi connectivity index (χ4v) is 2.55. The van der Waals surface area contributed by atoms with E-state index in [0.717, 1.165) is 23.8 Å². The third-order valence-corrected chi connectivity index (χ3v) is 4.02. The molecule has 1 N–H and O–H groups in total. The molecule has 28 heavy (non-hydrogen) atoms. The number of carbonyl (C=O) groups is 1. The second-order valence-electron chi connectivity index (χ2n) is 5.75. The minimum Gasteiger partial charge on any atom is -0.477 e. The summed E-state index contributed by atoms with van der Waals surface area (Å²) in [5, 5.41) is 18.5. The van der Waals surface area contributed by atoms with Crippen LogP contribution in [0.1, 0.15) is 0 Å². The number of ether oxygens (including phenoxy) is 1. The van der Waals surface area contributed by atoms with Gasteiger partial charge in [-0.05, 0) is 18.2 Å². The van der Waals surface area contributed by atoms with Gasteiger partial charge in [0, 0.05) is 35.8 Å². The number of nitro benzene ring substituents is 1. The van der Waals surface area contributed by atoms with Gasteiger partial charge in [0.05, 0.1) is 10.6 Å². The van der Waals surface area contributed by atoms with E-state index in [4.69, 9.17) is 16.3 Å². The Hall–Kier alpha value is -3.46. The minimum absolute atomic E-state index is 0.327. The van der Waals surface area contributed by atoms with E-state index < -0.39 is 28.9 Å². The van der Waals surface area contributed by atoms with Crippen molar-refractivity contribution in [3.05, 3.63) is 69.5 Å². The van der Waals surface area contributed by atoms with Crippen LogP contribution in [0.3, 0.4) is 0 Å². The number of carbonyl (C=O) groups excluding carboxylic acids is 1. The van der Waals surface area contributed by atoms with Crippen molar-refractivity contribution in [3.8, 4) is 17.0 Å². The zero-order valence-corrected chi connectivity index (χ0v) is 15.3. The number of aromatic nitrogens is 2. The number of nitro groups is 1. The molecular formula is C18H14ClFN4O4. The minimum atomic E-state index is -0.716. The van der Waals surface area contributed by atoms with Crippen LogP contribution in [-0.4, -0.2) is 27.2 Å². The Labute approximate surface area is 163 Å². The number of rotatable bonds is 6. The average Bonchev–Trinajstić information content (AvgIpc) is 3.01. The predicted octanol–water partition coefficient (Wildman–Crippen LogP) is 3.81. The lowest BCUT2D eigenvalue weighted by molar-refractivity contribution is -0.385. The summed E-state index contributed by atoms with van der Waals surface area (Å²) in [6.07, 6.45) is 0. The molecule has 0 bridgehead atoms. The maximum atomic E-state index is 13.3. The number of amides is 1. The molecule has 1 heterocycles. The second-order valence-corrected chi connectivity index (χ2v) is 6.19. The molecular weight excluding hydrogens is 391 g/mol. The third-order valence-electron chi connectivity index (χ3n) is 3.76. The highest BCUT2D eigenvalue weighted by molar-refractivity contribution is 6.30. The Morgan fingerprint density at radius 3 is 2.68 bits per heavy atom. The van der Waals surface area contributed by atoms with Gasteiger partial charge in [0.15, 0.2) is 6.61 Å². The van der Waals surface area contributed by atoms with Crippen LogP contribution in [0.2, 0.25) is 5.02 Å². The lowest BCUT2D eigenvalue weighted by Crippen LogP contribution is -2.21. The lowest BCUT2D eigenvalue weighted by atomic mass is 10.1. The summed E-state index contributed by atoms with van der Waals surface area (Å²) >= 11 is 5.87. The van der Waals surface area contributed by atoms with Gasteiger partial charge in [-0.3, -0.25) is 19.6 Å². The summed E-state index contributed by atoms with van der Waals surface area (Å²) in [7, 11) is 1.65. The molecule has 8 nitrogen and oxygen atoms in total. The second kappa shape index (κ2) is 8.05. The normalized spacial score (nSPS) is 10.5. The molecule has 3 aromatic rings. The number of halogens is 2. The van der Waals surface area contributed by atoms with E-state index in [-0.39, 0.29) is 5.75 Å².